The summed E-state index contributed by atoms with van der Waals surface area (Å²) in [6.07, 6.45) is -2.80. The third-order valence-electron chi connectivity index (χ3n) is 3.13. The van der Waals surface area contributed by atoms with Gasteiger partial charge in [-0.15, -0.1) is 0 Å². The Bertz CT molecular complexity index is 576. The number of esters is 1. The number of amides is 2. The summed E-state index contributed by atoms with van der Waals surface area (Å²) in [5, 5.41) is 4.22. The lowest BCUT2D eigenvalue weighted by molar-refractivity contribution is -0.140. The van der Waals surface area contributed by atoms with Gasteiger partial charge < -0.3 is 15.4 Å². The number of alkyl halides is 3. The Morgan fingerprint density at radius 2 is 1.88 bits per heavy atom. The highest BCUT2D eigenvalue weighted by molar-refractivity contribution is 5.90. The van der Waals surface area contributed by atoms with Crippen molar-refractivity contribution in [2.45, 2.75) is 31.9 Å². The average Bonchev–Trinajstić information content (AvgIpc) is 2.51. The molecule has 2 N–H and O–H groups in total. The van der Waals surface area contributed by atoms with E-state index in [1.165, 1.54) is 7.11 Å². The van der Waals surface area contributed by atoms with Crippen LogP contribution in [0.2, 0.25) is 0 Å². The molecule has 5 nitrogen and oxygen atoms in total. The van der Waals surface area contributed by atoms with Gasteiger partial charge in [0.05, 0.1) is 18.4 Å². The minimum atomic E-state index is -4.78. The normalized spacial score (nSPS) is 11.0. The summed E-state index contributed by atoms with van der Waals surface area (Å²) < 4.78 is 56.4. The van der Waals surface area contributed by atoms with Crippen molar-refractivity contribution in [3.05, 3.63) is 29.6 Å². The maximum Gasteiger partial charge on any atom is 0.418 e. The van der Waals surface area contributed by atoms with Gasteiger partial charge in [-0.1, -0.05) is 12.5 Å². The Hall–Kier alpha value is -2.32. The first-order valence-corrected chi connectivity index (χ1v) is 7.23. The largest absolute Gasteiger partial charge is 0.469 e. The van der Waals surface area contributed by atoms with Crippen molar-refractivity contribution >= 4 is 17.7 Å². The first kappa shape index (κ1) is 19.7. The molecule has 0 aliphatic heterocycles. The van der Waals surface area contributed by atoms with Gasteiger partial charge in [0.2, 0.25) is 0 Å². The van der Waals surface area contributed by atoms with Crippen LogP contribution in [0.3, 0.4) is 0 Å². The molecule has 0 bridgehead atoms. The summed E-state index contributed by atoms with van der Waals surface area (Å²) in [6.45, 7) is 0.183. The van der Waals surface area contributed by atoms with Crippen LogP contribution in [-0.2, 0) is 15.7 Å². The van der Waals surface area contributed by atoms with Gasteiger partial charge in [0.1, 0.15) is 5.82 Å². The highest BCUT2D eigenvalue weighted by Gasteiger charge is 2.35. The van der Waals surface area contributed by atoms with Gasteiger partial charge in [0.25, 0.3) is 0 Å². The number of rotatable bonds is 7. The van der Waals surface area contributed by atoms with Gasteiger partial charge in [-0.2, -0.15) is 13.2 Å². The molecular formula is C15H18F4N2O3. The fourth-order valence-corrected chi connectivity index (χ4v) is 1.92. The summed E-state index contributed by atoms with van der Waals surface area (Å²) in [6, 6.07) is 1.50. The fourth-order valence-electron chi connectivity index (χ4n) is 1.92. The fraction of sp³-hybridized carbons (Fsp3) is 0.467. The smallest absolute Gasteiger partial charge is 0.418 e. The van der Waals surface area contributed by atoms with Crippen molar-refractivity contribution in [2.24, 2.45) is 0 Å². The molecule has 0 saturated heterocycles. The molecule has 1 rings (SSSR count). The number of anilines is 1. The standard InChI is InChI=1S/C15H18F4N2O3/c1-24-12(22)8-3-2-4-9-20-14(23)21-13-10(15(17,18)19)6-5-7-11(13)16/h5-7H,2-4,8-9H2,1H3,(H2,20,21,23). The van der Waals surface area contributed by atoms with E-state index in [0.29, 0.717) is 25.3 Å². The molecule has 0 saturated carbocycles. The topological polar surface area (TPSA) is 67.4 Å². The molecule has 1 aromatic carbocycles. The van der Waals surface area contributed by atoms with Crippen LogP contribution in [0.1, 0.15) is 31.2 Å². The second-order valence-corrected chi connectivity index (χ2v) is 4.93. The number of hydrogen-bond donors (Lipinski definition) is 2. The van der Waals surface area contributed by atoms with E-state index in [1.54, 1.807) is 0 Å². The first-order chi connectivity index (χ1) is 11.3. The van der Waals surface area contributed by atoms with E-state index in [-0.39, 0.29) is 18.9 Å². The lowest BCUT2D eigenvalue weighted by Gasteiger charge is -2.14. The van der Waals surface area contributed by atoms with E-state index in [0.717, 1.165) is 12.1 Å². The van der Waals surface area contributed by atoms with Crippen LogP contribution in [0.5, 0.6) is 0 Å². The third-order valence-corrected chi connectivity index (χ3v) is 3.13. The number of carbonyl (C=O) groups excluding carboxylic acids is 2. The van der Waals surface area contributed by atoms with Crippen LogP contribution in [0.15, 0.2) is 18.2 Å². The van der Waals surface area contributed by atoms with Crippen molar-refractivity contribution in [3.63, 3.8) is 0 Å². The zero-order chi connectivity index (χ0) is 18.2. The van der Waals surface area contributed by atoms with Gasteiger partial charge in [0, 0.05) is 13.0 Å². The Labute approximate surface area is 136 Å². The first-order valence-electron chi connectivity index (χ1n) is 7.23. The number of halogens is 4. The molecule has 2 amide bonds. The van der Waals surface area contributed by atoms with Gasteiger partial charge in [0.15, 0.2) is 0 Å². The molecular weight excluding hydrogens is 332 g/mol. The lowest BCUT2D eigenvalue weighted by Crippen LogP contribution is -2.31. The number of hydrogen-bond acceptors (Lipinski definition) is 3. The summed E-state index contributed by atoms with van der Waals surface area (Å²) in [7, 11) is 1.28. The number of benzene rings is 1. The van der Waals surface area contributed by atoms with Crippen LogP contribution < -0.4 is 10.6 Å². The summed E-state index contributed by atoms with van der Waals surface area (Å²) in [5.74, 6) is -1.50. The van der Waals surface area contributed by atoms with E-state index in [1.807, 2.05) is 5.32 Å². The highest BCUT2D eigenvalue weighted by Crippen LogP contribution is 2.35. The zero-order valence-corrected chi connectivity index (χ0v) is 13.0. The minimum absolute atomic E-state index is 0.183. The molecule has 0 aromatic heterocycles. The Morgan fingerprint density at radius 3 is 2.50 bits per heavy atom. The number of carbonyl (C=O) groups is 2. The summed E-state index contributed by atoms with van der Waals surface area (Å²) >= 11 is 0. The second-order valence-electron chi connectivity index (χ2n) is 4.93. The average molecular weight is 350 g/mol. The van der Waals surface area contributed by atoms with Crippen LogP contribution in [-0.4, -0.2) is 25.7 Å². The Morgan fingerprint density at radius 1 is 1.17 bits per heavy atom. The van der Waals surface area contributed by atoms with Crippen molar-refractivity contribution in [1.82, 2.24) is 5.32 Å². The van der Waals surface area contributed by atoms with E-state index in [4.69, 9.17) is 0 Å². The predicted octanol–water partition coefficient (Wildman–Crippen LogP) is 3.70. The van der Waals surface area contributed by atoms with E-state index < -0.39 is 29.3 Å². The monoisotopic (exact) mass is 350 g/mol. The molecule has 24 heavy (non-hydrogen) atoms. The van der Waals surface area contributed by atoms with Crippen LogP contribution >= 0.6 is 0 Å². The number of ether oxygens (including phenoxy) is 1. The van der Waals surface area contributed by atoms with Crippen LogP contribution in [0, 0.1) is 5.82 Å². The number of methoxy groups -OCH3 is 1. The maximum atomic E-state index is 13.6. The van der Waals surface area contributed by atoms with Gasteiger partial charge in [-0.05, 0) is 25.0 Å². The molecule has 9 heteroatoms. The van der Waals surface area contributed by atoms with Crippen LogP contribution in [0.4, 0.5) is 28.0 Å². The molecule has 0 unspecified atom stereocenters. The molecule has 0 aliphatic rings. The molecule has 0 radical (unpaired) electrons. The van der Waals surface area contributed by atoms with Crippen molar-refractivity contribution < 1.29 is 31.9 Å². The summed E-state index contributed by atoms with van der Waals surface area (Å²) in [5.41, 5.74) is -2.16. The Kier molecular flexibility index (Phi) is 7.47. The molecule has 0 fully saturated rings. The number of unbranched alkanes of at least 4 members (excludes halogenated alkanes) is 2. The zero-order valence-electron chi connectivity index (χ0n) is 13.0. The summed E-state index contributed by atoms with van der Waals surface area (Å²) in [4.78, 5) is 22.5. The molecule has 0 heterocycles. The molecule has 0 spiro atoms. The third kappa shape index (κ3) is 6.43. The highest BCUT2D eigenvalue weighted by atomic mass is 19.4. The van der Waals surface area contributed by atoms with E-state index >= 15 is 0 Å². The number of urea groups is 1. The molecule has 134 valence electrons. The Balaban J connectivity index is 2.45. The molecule has 0 atom stereocenters. The predicted molar refractivity (Wildman–Crippen MR) is 78.9 cm³/mol. The minimum Gasteiger partial charge on any atom is -0.469 e. The van der Waals surface area contributed by atoms with Gasteiger partial charge >= 0.3 is 18.2 Å². The number of nitrogens with one attached hydrogen (secondary N) is 2. The quantitative estimate of drug-likeness (QED) is 0.448. The lowest BCUT2D eigenvalue weighted by atomic mass is 10.1. The van der Waals surface area contributed by atoms with Gasteiger partial charge in [-0.3, -0.25) is 4.79 Å². The van der Waals surface area contributed by atoms with Crippen molar-refractivity contribution in [2.75, 3.05) is 19.0 Å². The van der Waals surface area contributed by atoms with E-state index in [9.17, 15) is 27.2 Å². The van der Waals surface area contributed by atoms with Gasteiger partial charge in [-0.25, -0.2) is 9.18 Å². The maximum absolute atomic E-state index is 13.6. The SMILES string of the molecule is COC(=O)CCCCCNC(=O)Nc1c(F)cccc1C(F)(F)F. The van der Waals surface area contributed by atoms with Crippen molar-refractivity contribution in [3.8, 4) is 0 Å². The van der Waals surface area contributed by atoms with Crippen LogP contribution in [0.25, 0.3) is 0 Å². The molecule has 1 aromatic rings. The van der Waals surface area contributed by atoms with Crippen molar-refractivity contribution in [1.29, 1.82) is 0 Å². The molecule has 0 aliphatic carbocycles. The number of para-hydroxylation sites is 1. The second kappa shape index (κ2) is 9.09. The van der Waals surface area contributed by atoms with E-state index in [2.05, 4.69) is 10.1 Å².